The van der Waals surface area contributed by atoms with Crippen molar-refractivity contribution in [3.63, 3.8) is 0 Å². The van der Waals surface area contributed by atoms with Gasteiger partial charge in [0.1, 0.15) is 5.60 Å². The number of nitrogens with zero attached hydrogens (tertiary/aromatic N) is 3. The highest BCUT2D eigenvalue weighted by molar-refractivity contribution is 5.91. The van der Waals surface area contributed by atoms with Crippen LogP contribution in [0.2, 0.25) is 0 Å². The lowest BCUT2D eigenvalue weighted by Gasteiger charge is -2.37. The molecule has 0 saturated carbocycles. The Hall–Kier alpha value is -3.51. The van der Waals surface area contributed by atoms with Gasteiger partial charge < -0.3 is 39.6 Å². The standard InChI is InChI=1S/C25H26N4O7/c1-3-25(33)16-5-18-22-14(9-29(18)23(31)15(16)10-34-24(25)32)13(8-28(2)21(30)7-26)12-4-19-20(36-11-35-19)6-17(12)27-22/h4-6,24,32-33H,3,7-11,26H2,1-2H3/t24?,25-/m0/s1. The van der Waals surface area contributed by atoms with Gasteiger partial charge >= 0.3 is 0 Å². The molecule has 0 saturated heterocycles. The third-order valence-electron chi connectivity index (χ3n) is 7.45. The average Bonchev–Trinajstić information content (AvgIpc) is 3.49. The first kappa shape index (κ1) is 22.9. The Labute approximate surface area is 205 Å². The van der Waals surface area contributed by atoms with E-state index in [2.05, 4.69) is 0 Å². The maximum Gasteiger partial charge on any atom is 0.257 e. The molecule has 1 amide bonds. The first-order valence-electron chi connectivity index (χ1n) is 11.8. The van der Waals surface area contributed by atoms with E-state index < -0.39 is 11.9 Å². The molecule has 0 radical (unpaired) electrons. The molecule has 1 aromatic carbocycles. The maximum atomic E-state index is 13.6. The molecule has 0 bridgehead atoms. The van der Waals surface area contributed by atoms with Crippen molar-refractivity contribution in [1.29, 1.82) is 0 Å². The fraction of sp³-hybridized carbons (Fsp3) is 0.400. The summed E-state index contributed by atoms with van der Waals surface area (Å²) in [6.45, 7) is 2.08. The number of likely N-dealkylation sites (N-methyl/N-ethyl adjacent to an activating group) is 1. The normalized spacial score (nSPS) is 21.3. The van der Waals surface area contributed by atoms with Crippen molar-refractivity contribution in [3.05, 3.63) is 50.8 Å². The largest absolute Gasteiger partial charge is 0.454 e. The lowest BCUT2D eigenvalue weighted by molar-refractivity contribution is -0.236. The quantitative estimate of drug-likeness (QED) is 0.369. The van der Waals surface area contributed by atoms with Crippen LogP contribution in [0.4, 0.5) is 0 Å². The molecule has 3 aromatic rings. The highest BCUT2D eigenvalue weighted by Gasteiger charge is 2.44. The molecule has 0 spiro atoms. The van der Waals surface area contributed by atoms with Crippen LogP contribution in [0.25, 0.3) is 22.3 Å². The number of fused-ring (bicyclic) bond motifs is 6. The molecule has 11 heteroatoms. The second-order valence-electron chi connectivity index (χ2n) is 9.35. The van der Waals surface area contributed by atoms with E-state index in [1.807, 2.05) is 6.07 Å². The van der Waals surface area contributed by atoms with Crippen LogP contribution in [-0.4, -0.2) is 57.2 Å². The summed E-state index contributed by atoms with van der Waals surface area (Å²) in [6.07, 6.45) is -1.29. The lowest BCUT2D eigenvalue weighted by atomic mass is 9.85. The Morgan fingerprint density at radius 3 is 2.75 bits per heavy atom. The molecule has 6 rings (SSSR count). The average molecular weight is 495 g/mol. The van der Waals surface area contributed by atoms with E-state index in [1.54, 1.807) is 30.7 Å². The maximum absolute atomic E-state index is 13.6. The van der Waals surface area contributed by atoms with Crippen molar-refractivity contribution < 1.29 is 29.2 Å². The molecule has 3 aliphatic heterocycles. The third kappa shape index (κ3) is 3.10. The van der Waals surface area contributed by atoms with Crippen LogP contribution in [0.5, 0.6) is 11.5 Å². The van der Waals surface area contributed by atoms with Gasteiger partial charge in [0.05, 0.1) is 36.6 Å². The van der Waals surface area contributed by atoms with Crippen LogP contribution in [0.15, 0.2) is 23.0 Å². The van der Waals surface area contributed by atoms with Crippen LogP contribution in [0.1, 0.15) is 35.6 Å². The number of pyridine rings is 2. The van der Waals surface area contributed by atoms with Gasteiger partial charge in [0.25, 0.3) is 5.56 Å². The summed E-state index contributed by atoms with van der Waals surface area (Å²) in [6, 6.07) is 5.35. The Kier molecular flexibility index (Phi) is 5.09. The molecule has 0 aliphatic carbocycles. The Balaban J connectivity index is 1.61. The lowest BCUT2D eigenvalue weighted by Crippen LogP contribution is -2.47. The zero-order valence-electron chi connectivity index (χ0n) is 19.9. The number of hydrogen-bond acceptors (Lipinski definition) is 9. The van der Waals surface area contributed by atoms with Gasteiger partial charge in [-0.1, -0.05) is 6.92 Å². The summed E-state index contributed by atoms with van der Waals surface area (Å²) in [5.74, 6) is 0.922. The van der Waals surface area contributed by atoms with Gasteiger partial charge in [-0.25, -0.2) is 4.98 Å². The van der Waals surface area contributed by atoms with E-state index in [4.69, 9.17) is 24.9 Å². The van der Waals surface area contributed by atoms with E-state index >= 15 is 0 Å². The van der Waals surface area contributed by atoms with Gasteiger partial charge in [-0.2, -0.15) is 0 Å². The first-order chi connectivity index (χ1) is 17.3. The highest BCUT2D eigenvalue weighted by Crippen LogP contribution is 2.43. The topological polar surface area (TPSA) is 149 Å². The number of aliphatic hydroxyl groups excluding tert-OH is 1. The first-order valence-corrected chi connectivity index (χ1v) is 11.8. The number of rotatable bonds is 4. The number of benzene rings is 1. The van der Waals surface area contributed by atoms with Crippen LogP contribution in [0, 0.1) is 0 Å². The van der Waals surface area contributed by atoms with Crippen molar-refractivity contribution >= 4 is 16.8 Å². The smallest absolute Gasteiger partial charge is 0.257 e. The van der Waals surface area contributed by atoms with Gasteiger partial charge in [0.2, 0.25) is 12.7 Å². The summed E-state index contributed by atoms with van der Waals surface area (Å²) < 4.78 is 18.1. The van der Waals surface area contributed by atoms with E-state index in [9.17, 15) is 19.8 Å². The minimum atomic E-state index is -1.72. The molecule has 36 heavy (non-hydrogen) atoms. The number of aromatic nitrogens is 2. The molecule has 188 valence electrons. The molecule has 2 atom stereocenters. The number of amides is 1. The van der Waals surface area contributed by atoms with Gasteiger partial charge in [0, 0.05) is 41.7 Å². The Morgan fingerprint density at radius 1 is 1.28 bits per heavy atom. The number of carbonyl (C=O) groups excluding carboxylic acids is 1. The molecule has 1 unspecified atom stereocenters. The minimum absolute atomic E-state index is 0.105. The van der Waals surface area contributed by atoms with E-state index in [1.165, 1.54) is 4.90 Å². The summed E-state index contributed by atoms with van der Waals surface area (Å²) in [5.41, 5.74) is 7.55. The Morgan fingerprint density at radius 2 is 2.03 bits per heavy atom. The van der Waals surface area contributed by atoms with E-state index in [0.29, 0.717) is 39.5 Å². The Bertz CT molecular complexity index is 1500. The van der Waals surface area contributed by atoms with Gasteiger partial charge in [-0.15, -0.1) is 0 Å². The van der Waals surface area contributed by atoms with Crippen LogP contribution in [0.3, 0.4) is 0 Å². The SMILES string of the molecule is CC[C@]1(O)c2cc3n(c(=O)c2COC1O)Cc1c-3nc2cc3c(cc2c1CN(C)C(=O)CN)OCO3. The zero-order valence-corrected chi connectivity index (χ0v) is 19.9. The fourth-order valence-electron chi connectivity index (χ4n) is 5.33. The second-order valence-corrected chi connectivity index (χ2v) is 9.35. The molecule has 0 fully saturated rings. The van der Waals surface area contributed by atoms with Crippen LogP contribution < -0.4 is 20.8 Å². The van der Waals surface area contributed by atoms with Crippen LogP contribution >= 0.6 is 0 Å². The van der Waals surface area contributed by atoms with Crippen molar-refractivity contribution in [2.75, 3.05) is 20.4 Å². The molecular weight excluding hydrogens is 468 g/mol. The molecular formula is C25H26N4O7. The minimum Gasteiger partial charge on any atom is -0.454 e. The summed E-state index contributed by atoms with van der Waals surface area (Å²) in [4.78, 5) is 32.3. The number of nitrogens with two attached hydrogens (primary N) is 1. The number of hydrogen-bond donors (Lipinski definition) is 3. The van der Waals surface area contributed by atoms with Crippen molar-refractivity contribution in [2.24, 2.45) is 5.73 Å². The van der Waals surface area contributed by atoms with E-state index in [0.717, 1.165) is 16.5 Å². The molecule has 3 aliphatic rings. The summed E-state index contributed by atoms with van der Waals surface area (Å²) in [7, 11) is 1.67. The summed E-state index contributed by atoms with van der Waals surface area (Å²) in [5, 5.41) is 22.4. The number of carbonyl (C=O) groups is 1. The monoisotopic (exact) mass is 494 g/mol. The summed E-state index contributed by atoms with van der Waals surface area (Å²) >= 11 is 0. The van der Waals surface area contributed by atoms with Gasteiger partial charge in [-0.3, -0.25) is 9.59 Å². The van der Waals surface area contributed by atoms with Crippen molar-refractivity contribution in [3.8, 4) is 22.9 Å². The predicted octanol–water partition coefficient (Wildman–Crippen LogP) is 0.517. The zero-order chi connectivity index (χ0) is 25.4. The van der Waals surface area contributed by atoms with Crippen molar-refractivity contribution in [2.45, 2.75) is 44.9 Å². The van der Waals surface area contributed by atoms with Gasteiger partial charge in [-0.05, 0) is 24.1 Å². The third-order valence-corrected chi connectivity index (χ3v) is 7.45. The van der Waals surface area contributed by atoms with Gasteiger partial charge in [0.15, 0.2) is 17.8 Å². The molecule has 4 N–H and O–H groups in total. The second kappa shape index (κ2) is 8.00. The number of ether oxygens (including phenoxy) is 3. The highest BCUT2D eigenvalue weighted by atomic mass is 16.7. The van der Waals surface area contributed by atoms with Crippen molar-refractivity contribution in [1.82, 2.24) is 14.5 Å². The number of aliphatic hydroxyl groups is 2. The predicted molar refractivity (Wildman–Crippen MR) is 127 cm³/mol. The fourth-order valence-corrected chi connectivity index (χ4v) is 5.33. The molecule has 11 nitrogen and oxygen atoms in total. The molecule has 2 aromatic heterocycles. The molecule has 5 heterocycles. The van der Waals surface area contributed by atoms with Crippen LogP contribution in [-0.2, 0) is 34.8 Å². The van der Waals surface area contributed by atoms with E-state index in [-0.39, 0.29) is 50.9 Å².